The second kappa shape index (κ2) is 8.45. The summed E-state index contributed by atoms with van der Waals surface area (Å²) in [7, 11) is 0. The van der Waals surface area contributed by atoms with Crippen LogP contribution in [0.5, 0.6) is 0 Å². The highest BCUT2D eigenvalue weighted by Crippen LogP contribution is 2.17. The molecule has 0 unspecified atom stereocenters. The van der Waals surface area contributed by atoms with Crippen LogP contribution in [0.4, 0.5) is 0 Å². The van der Waals surface area contributed by atoms with E-state index in [4.69, 9.17) is 5.26 Å². The number of aromatic amines is 1. The molecular formula is C19H21N3O2S. The normalized spacial score (nSPS) is 10.3. The SMILES string of the molecule is C=CCN(Cc1cccs1)C(=O)CCc1c(C)[nH]c(=O)c(C#N)c1C. The lowest BCUT2D eigenvalue weighted by Gasteiger charge is -2.21. The fourth-order valence-corrected chi connectivity index (χ4v) is 3.53. The van der Waals surface area contributed by atoms with E-state index in [0.717, 1.165) is 10.4 Å². The highest BCUT2D eigenvalue weighted by Gasteiger charge is 2.17. The maximum Gasteiger partial charge on any atom is 0.266 e. The van der Waals surface area contributed by atoms with Crippen molar-refractivity contribution in [3.63, 3.8) is 0 Å². The molecule has 1 N–H and O–H groups in total. The number of H-pyrrole nitrogens is 1. The molecule has 2 aromatic heterocycles. The van der Waals surface area contributed by atoms with Crippen LogP contribution in [0.1, 0.15) is 33.7 Å². The van der Waals surface area contributed by atoms with Gasteiger partial charge in [0, 0.05) is 23.5 Å². The summed E-state index contributed by atoms with van der Waals surface area (Å²) < 4.78 is 0. The molecule has 0 radical (unpaired) electrons. The van der Waals surface area contributed by atoms with E-state index in [9.17, 15) is 9.59 Å². The number of aromatic nitrogens is 1. The van der Waals surface area contributed by atoms with Crippen LogP contribution in [0.3, 0.4) is 0 Å². The summed E-state index contributed by atoms with van der Waals surface area (Å²) in [5.41, 5.74) is 1.97. The van der Waals surface area contributed by atoms with Crippen LogP contribution in [0, 0.1) is 25.2 Å². The first-order chi connectivity index (χ1) is 12.0. The monoisotopic (exact) mass is 355 g/mol. The van der Waals surface area contributed by atoms with Crippen LogP contribution in [0.25, 0.3) is 0 Å². The molecular weight excluding hydrogens is 334 g/mol. The summed E-state index contributed by atoms with van der Waals surface area (Å²) in [6.07, 6.45) is 2.52. The number of nitriles is 1. The lowest BCUT2D eigenvalue weighted by molar-refractivity contribution is -0.131. The quantitative estimate of drug-likeness (QED) is 0.776. The largest absolute Gasteiger partial charge is 0.334 e. The van der Waals surface area contributed by atoms with Gasteiger partial charge < -0.3 is 9.88 Å². The Hall–Kier alpha value is -2.65. The van der Waals surface area contributed by atoms with Crippen molar-refractivity contribution in [2.24, 2.45) is 0 Å². The van der Waals surface area contributed by atoms with E-state index in [1.165, 1.54) is 0 Å². The topological polar surface area (TPSA) is 77.0 Å². The predicted octanol–water partition coefficient (Wildman–Crippen LogP) is 3.07. The second-order valence-corrected chi connectivity index (χ2v) is 6.84. The van der Waals surface area contributed by atoms with Gasteiger partial charge in [0.2, 0.25) is 5.91 Å². The van der Waals surface area contributed by atoms with E-state index in [1.807, 2.05) is 23.6 Å². The predicted molar refractivity (Wildman–Crippen MR) is 99.5 cm³/mol. The van der Waals surface area contributed by atoms with E-state index in [1.54, 1.807) is 36.2 Å². The van der Waals surface area contributed by atoms with Gasteiger partial charge in [-0.15, -0.1) is 17.9 Å². The Morgan fingerprint density at radius 3 is 2.84 bits per heavy atom. The minimum Gasteiger partial charge on any atom is -0.334 e. The Kier molecular flexibility index (Phi) is 6.31. The molecule has 2 rings (SSSR count). The van der Waals surface area contributed by atoms with Crippen molar-refractivity contribution in [1.29, 1.82) is 5.26 Å². The average Bonchev–Trinajstić information content (AvgIpc) is 3.07. The minimum atomic E-state index is -0.376. The van der Waals surface area contributed by atoms with E-state index < -0.39 is 0 Å². The number of nitrogens with zero attached hydrogens (tertiary/aromatic N) is 2. The molecule has 0 fully saturated rings. The molecule has 0 aliphatic carbocycles. The van der Waals surface area contributed by atoms with Gasteiger partial charge in [0.05, 0.1) is 6.54 Å². The molecule has 5 nitrogen and oxygen atoms in total. The van der Waals surface area contributed by atoms with Gasteiger partial charge in [-0.25, -0.2) is 0 Å². The Bertz CT molecular complexity index is 860. The van der Waals surface area contributed by atoms with Crippen molar-refractivity contribution in [3.8, 4) is 6.07 Å². The zero-order valence-corrected chi connectivity index (χ0v) is 15.3. The summed E-state index contributed by atoms with van der Waals surface area (Å²) in [6, 6.07) is 5.91. The standard InChI is InChI=1S/C19H21N3O2S/c1-4-9-22(12-15-6-5-10-25-15)18(23)8-7-16-13(2)17(11-20)19(24)21-14(16)3/h4-6,10H,1,7-9,12H2,2-3H3,(H,21,24). The van der Waals surface area contributed by atoms with Crippen molar-refractivity contribution in [3.05, 3.63) is 67.8 Å². The van der Waals surface area contributed by atoms with E-state index in [-0.39, 0.29) is 17.0 Å². The molecule has 0 aliphatic rings. The van der Waals surface area contributed by atoms with Crippen LogP contribution < -0.4 is 5.56 Å². The lowest BCUT2D eigenvalue weighted by Crippen LogP contribution is -2.30. The van der Waals surface area contributed by atoms with Crippen LogP contribution in [-0.2, 0) is 17.8 Å². The fraction of sp³-hybridized carbons (Fsp3) is 0.316. The highest BCUT2D eigenvalue weighted by molar-refractivity contribution is 7.09. The summed E-state index contributed by atoms with van der Waals surface area (Å²) in [5.74, 6) is 0.0248. The van der Waals surface area contributed by atoms with Crippen molar-refractivity contribution < 1.29 is 4.79 Å². The summed E-state index contributed by atoms with van der Waals surface area (Å²) in [6.45, 7) is 8.33. The number of thiophene rings is 1. The molecule has 2 heterocycles. The molecule has 0 bridgehead atoms. The van der Waals surface area contributed by atoms with Crippen LogP contribution >= 0.6 is 11.3 Å². The molecule has 0 saturated heterocycles. The second-order valence-electron chi connectivity index (χ2n) is 5.81. The first-order valence-corrected chi connectivity index (χ1v) is 8.89. The number of nitrogens with one attached hydrogen (secondary N) is 1. The molecule has 25 heavy (non-hydrogen) atoms. The molecule has 130 valence electrons. The van der Waals surface area contributed by atoms with Crippen LogP contribution in [0.15, 0.2) is 35.0 Å². The fourth-order valence-electron chi connectivity index (χ4n) is 2.81. The highest BCUT2D eigenvalue weighted by atomic mass is 32.1. The van der Waals surface area contributed by atoms with Gasteiger partial charge in [-0.05, 0) is 42.8 Å². The smallest absolute Gasteiger partial charge is 0.266 e. The number of hydrogen-bond donors (Lipinski definition) is 1. The zero-order chi connectivity index (χ0) is 18.4. The van der Waals surface area contributed by atoms with Gasteiger partial charge in [-0.3, -0.25) is 9.59 Å². The molecule has 1 amide bonds. The van der Waals surface area contributed by atoms with Gasteiger partial charge >= 0.3 is 0 Å². The molecule has 0 saturated carbocycles. The number of carbonyl (C=O) groups excluding carboxylic acids is 1. The summed E-state index contributed by atoms with van der Waals surface area (Å²) in [5, 5.41) is 11.1. The first-order valence-electron chi connectivity index (χ1n) is 8.01. The van der Waals surface area contributed by atoms with Gasteiger partial charge in [0.15, 0.2) is 0 Å². The average molecular weight is 355 g/mol. The van der Waals surface area contributed by atoms with Gasteiger partial charge in [0.1, 0.15) is 11.6 Å². The minimum absolute atomic E-state index is 0.0248. The van der Waals surface area contributed by atoms with Crippen molar-refractivity contribution in [2.45, 2.75) is 33.2 Å². The zero-order valence-electron chi connectivity index (χ0n) is 14.5. The molecule has 0 spiro atoms. The summed E-state index contributed by atoms with van der Waals surface area (Å²) >= 11 is 1.62. The summed E-state index contributed by atoms with van der Waals surface area (Å²) in [4.78, 5) is 30.0. The molecule has 0 aliphatic heterocycles. The third-order valence-corrected chi connectivity index (χ3v) is 5.00. The van der Waals surface area contributed by atoms with Crippen LogP contribution in [0.2, 0.25) is 0 Å². The maximum absolute atomic E-state index is 12.6. The van der Waals surface area contributed by atoms with Gasteiger partial charge in [-0.1, -0.05) is 12.1 Å². The van der Waals surface area contributed by atoms with E-state index in [0.29, 0.717) is 37.2 Å². The third kappa shape index (κ3) is 4.46. The van der Waals surface area contributed by atoms with Gasteiger partial charge in [0.25, 0.3) is 5.56 Å². The van der Waals surface area contributed by atoms with Crippen molar-refractivity contribution in [2.75, 3.05) is 6.54 Å². The first kappa shape index (κ1) is 18.7. The van der Waals surface area contributed by atoms with E-state index in [2.05, 4.69) is 11.6 Å². The molecule has 6 heteroatoms. The number of carbonyl (C=O) groups is 1. The van der Waals surface area contributed by atoms with Gasteiger partial charge in [-0.2, -0.15) is 5.26 Å². The van der Waals surface area contributed by atoms with E-state index >= 15 is 0 Å². The Balaban J connectivity index is 2.14. The van der Waals surface area contributed by atoms with Crippen molar-refractivity contribution >= 4 is 17.2 Å². The molecule has 0 atom stereocenters. The number of pyridine rings is 1. The number of hydrogen-bond acceptors (Lipinski definition) is 4. The molecule has 0 aromatic carbocycles. The van der Waals surface area contributed by atoms with Crippen LogP contribution in [-0.4, -0.2) is 22.3 Å². The lowest BCUT2D eigenvalue weighted by atomic mass is 9.99. The number of aryl methyl sites for hydroxylation is 1. The molecule has 2 aromatic rings. The Morgan fingerprint density at radius 1 is 1.48 bits per heavy atom. The maximum atomic E-state index is 12.6. The number of rotatable bonds is 7. The Labute approximate surface area is 151 Å². The third-order valence-electron chi connectivity index (χ3n) is 4.14. The van der Waals surface area contributed by atoms with Crippen molar-refractivity contribution in [1.82, 2.24) is 9.88 Å². The Morgan fingerprint density at radius 2 is 2.24 bits per heavy atom. The number of amides is 1.